The summed E-state index contributed by atoms with van der Waals surface area (Å²) in [7, 11) is 0. The maximum atomic E-state index is 5.97. The summed E-state index contributed by atoms with van der Waals surface area (Å²) in [5.41, 5.74) is 7.09. The molecule has 1 rings (SSSR count). The Balaban J connectivity index is 2.32. The van der Waals surface area contributed by atoms with Crippen LogP contribution in [0.2, 0.25) is 0 Å². The van der Waals surface area contributed by atoms with Crippen LogP contribution in [0.1, 0.15) is 31.9 Å². The van der Waals surface area contributed by atoms with E-state index in [1.807, 2.05) is 26.0 Å². The molecule has 1 heterocycles. The van der Waals surface area contributed by atoms with Crippen molar-refractivity contribution in [3.8, 4) is 0 Å². The van der Waals surface area contributed by atoms with Gasteiger partial charge in [-0.05, 0) is 38.0 Å². The summed E-state index contributed by atoms with van der Waals surface area (Å²) in [5.74, 6) is 0. The van der Waals surface area contributed by atoms with Crippen LogP contribution in [-0.4, -0.2) is 17.7 Å². The summed E-state index contributed by atoms with van der Waals surface area (Å²) in [6, 6.07) is 3.94. The minimum atomic E-state index is 0.0525. The van der Waals surface area contributed by atoms with Gasteiger partial charge in [0.15, 0.2) is 0 Å². The lowest BCUT2D eigenvalue weighted by molar-refractivity contribution is 0.0736. The minimum Gasteiger partial charge on any atom is -0.379 e. The number of hydrogen-bond acceptors (Lipinski definition) is 3. The smallest absolute Gasteiger partial charge is 0.0518 e. The van der Waals surface area contributed by atoms with Crippen molar-refractivity contribution in [3.05, 3.63) is 30.1 Å². The number of nitrogens with two attached hydrogens (primary N) is 1. The van der Waals surface area contributed by atoms with Crippen molar-refractivity contribution in [2.75, 3.05) is 6.61 Å². The molecule has 0 saturated heterocycles. The zero-order valence-electron chi connectivity index (χ0n) is 8.81. The van der Waals surface area contributed by atoms with Crippen molar-refractivity contribution < 1.29 is 4.74 Å². The van der Waals surface area contributed by atoms with E-state index in [1.54, 1.807) is 12.4 Å². The van der Waals surface area contributed by atoms with Crippen LogP contribution in [-0.2, 0) is 4.74 Å². The molecule has 2 N–H and O–H groups in total. The Labute approximate surface area is 85.3 Å². The molecule has 3 nitrogen and oxygen atoms in total. The Hall–Kier alpha value is -0.930. The van der Waals surface area contributed by atoms with Crippen molar-refractivity contribution in [2.24, 2.45) is 5.73 Å². The van der Waals surface area contributed by atoms with E-state index in [9.17, 15) is 0 Å². The number of rotatable bonds is 5. The number of pyridine rings is 1. The standard InChI is InChI=1S/C11H18N2O/c1-9(2)14-8-5-11(12)10-3-6-13-7-4-10/h3-4,6-7,9,11H,5,8,12H2,1-2H3. The molecular formula is C11H18N2O. The summed E-state index contributed by atoms with van der Waals surface area (Å²) >= 11 is 0. The van der Waals surface area contributed by atoms with Crippen LogP contribution in [0.25, 0.3) is 0 Å². The third-order valence-corrected chi connectivity index (χ3v) is 2.01. The molecule has 0 saturated carbocycles. The van der Waals surface area contributed by atoms with E-state index in [4.69, 9.17) is 10.5 Å². The Morgan fingerprint density at radius 2 is 2.00 bits per heavy atom. The van der Waals surface area contributed by atoms with Crippen molar-refractivity contribution in [2.45, 2.75) is 32.4 Å². The van der Waals surface area contributed by atoms with E-state index < -0.39 is 0 Å². The highest BCUT2D eigenvalue weighted by Gasteiger charge is 2.05. The maximum absolute atomic E-state index is 5.97. The Kier molecular flexibility index (Phi) is 4.56. The first kappa shape index (κ1) is 11.1. The minimum absolute atomic E-state index is 0.0525. The Morgan fingerprint density at radius 1 is 1.36 bits per heavy atom. The highest BCUT2D eigenvalue weighted by atomic mass is 16.5. The molecule has 0 bridgehead atoms. The molecule has 78 valence electrons. The van der Waals surface area contributed by atoms with Gasteiger partial charge in [-0.2, -0.15) is 0 Å². The quantitative estimate of drug-likeness (QED) is 0.778. The second kappa shape index (κ2) is 5.73. The molecule has 14 heavy (non-hydrogen) atoms. The highest BCUT2D eigenvalue weighted by molar-refractivity contribution is 5.13. The fourth-order valence-electron chi connectivity index (χ4n) is 1.21. The number of hydrogen-bond donors (Lipinski definition) is 1. The molecule has 1 atom stereocenters. The first-order valence-electron chi connectivity index (χ1n) is 4.97. The van der Waals surface area contributed by atoms with Crippen LogP contribution >= 0.6 is 0 Å². The molecule has 0 radical (unpaired) electrons. The van der Waals surface area contributed by atoms with Gasteiger partial charge in [0.2, 0.25) is 0 Å². The lowest BCUT2D eigenvalue weighted by Crippen LogP contribution is -2.14. The lowest BCUT2D eigenvalue weighted by atomic mass is 10.1. The SMILES string of the molecule is CC(C)OCCC(N)c1ccncc1. The van der Waals surface area contributed by atoms with Crippen LogP contribution < -0.4 is 5.73 Å². The van der Waals surface area contributed by atoms with E-state index in [0.29, 0.717) is 6.61 Å². The van der Waals surface area contributed by atoms with Gasteiger partial charge in [-0.1, -0.05) is 0 Å². The van der Waals surface area contributed by atoms with E-state index in [1.165, 1.54) is 0 Å². The topological polar surface area (TPSA) is 48.1 Å². The maximum Gasteiger partial charge on any atom is 0.0518 e. The van der Waals surface area contributed by atoms with Crippen molar-refractivity contribution in [1.82, 2.24) is 4.98 Å². The van der Waals surface area contributed by atoms with Crippen LogP contribution in [0.5, 0.6) is 0 Å². The van der Waals surface area contributed by atoms with Gasteiger partial charge in [0, 0.05) is 25.0 Å². The third kappa shape index (κ3) is 3.85. The van der Waals surface area contributed by atoms with Gasteiger partial charge in [0.25, 0.3) is 0 Å². The second-order valence-corrected chi connectivity index (χ2v) is 3.60. The zero-order chi connectivity index (χ0) is 10.4. The summed E-state index contributed by atoms with van der Waals surface area (Å²) in [5, 5.41) is 0. The first-order valence-corrected chi connectivity index (χ1v) is 4.97. The van der Waals surface area contributed by atoms with E-state index >= 15 is 0 Å². The van der Waals surface area contributed by atoms with Crippen LogP contribution in [0.15, 0.2) is 24.5 Å². The van der Waals surface area contributed by atoms with Crippen LogP contribution in [0, 0.1) is 0 Å². The molecular weight excluding hydrogens is 176 g/mol. The average molecular weight is 194 g/mol. The largest absolute Gasteiger partial charge is 0.379 e. The normalized spacial score (nSPS) is 13.1. The van der Waals surface area contributed by atoms with Crippen LogP contribution in [0.3, 0.4) is 0 Å². The summed E-state index contributed by atoms with van der Waals surface area (Å²) < 4.78 is 5.44. The molecule has 0 aliphatic carbocycles. The van der Waals surface area contributed by atoms with Gasteiger partial charge < -0.3 is 10.5 Å². The van der Waals surface area contributed by atoms with Crippen molar-refractivity contribution in [1.29, 1.82) is 0 Å². The van der Waals surface area contributed by atoms with E-state index in [2.05, 4.69) is 4.98 Å². The van der Waals surface area contributed by atoms with Gasteiger partial charge >= 0.3 is 0 Å². The van der Waals surface area contributed by atoms with Crippen LogP contribution in [0.4, 0.5) is 0 Å². The number of aromatic nitrogens is 1. The van der Waals surface area contributed by atoms with E-state index in [-0.39, 0.29) is 12.1 Å². The predicted octanol–water partition coefficient (Wildman–Crippen LogP) is 1.90. The summed E-state index contributed by atoms with van der Waals surface area (Å²) in [6.45, 7) is 4.76. The van der Waals surface area contributed by atoms with Gasteiger partial charge in [0.1, 0.15) is 0 Å². The number of nitrogens with zero attached hydrogens (tertiary/aromatic N) is 1. The molecule has 1 aromatic heterocycles. The Bertz CT molecular complexity index is 249. The zero-order valence-corrected chi connectivity index (χ0v) is 8.81. The molecule has 0 amide bonds. The molecule has 0 fully saturated rings. The highest BCUT2D eigenvalue weighted by Crippen LogP contribution is 2.12. The van der Waals surface area contributed by atoms with Gasteiger partial charge in [-0.15, -0.1) is 0 Å². The van der Waals surface area contributed by atoms with Gasteiger partial charge in [0.05, 0.1) is 6.10 Å². The molecule has 1 unspecified atom stereocenters. The fraction of sp³-hybridized carbons (Fsp3) is 0.545. The molecule has 0 spiro atoms. The predicted molar refractivity (Wildman–Crippen MR) is 56.9 cm³/mol. The lowest BCUT2D eigenvalue weighted by Gasteiger charge is -2.13. The molecule has 0 aromatic carbocycles. The average Bonchev–Trinajstić information content (AvgIpc) is 2.18. The molecule has 0 aliphatic heterocycles. The first-order chi connectivity index (χ1) is 6.70. The van der Waals surface area contributed by atoms with Crippen molar-refractivity contribution >= 4 is 0 Å². The monoisotopic (exact) mass is 194 g/mol. The number of ether oxygens (including phenoxy) is 1. The summed E-state index contributed by atoms with van der Waals surface area (Å²) in [4.78, 5) is 3.95. The second-order valence-electron chi connectivity index (χ2n) is 3.60. The fourth-order valence-corrected chi connectivity index (χ4v) is 1.21. The van der Waals surface area contributed by atoms with Gasteiger partial charge in [-0.3, -0.25) is 4.98 Å². The summed E-state index contributed by atoms with van der Waals surface area (Å²) in [6.07, 6.45) is 4.65. The molecule has 3 heteroatoms. The molecule has 0 aliphatic rings. The third-order valence-electron chi connectivity index (χ3n) is 2.01. The van der Waals surface area contributed by atoms with Gasteiger partial charge in [-0.25, -0.2) is 0 Å². The van der Waals surface area contributed by atoms with E-state index in [0.717, 1.165) is 12.0 Å². The molecule has 1 aromatic rings. The Morgan fingerprint density at radius 3 is 2.57 bits per heavy atom. The van der Waals surface area contributed by atoms with Crippen molar-refractivity contribution in [3.63, 3.8) is 0 Å².